The Labute approximate surface area is 99.0 Å². The van der Waals surface area contributed by atoms with Crippen LogP contribution in [-0.4, -0.2) is 32.0 Å². The van der Waals surface area contributed by atoms with Gasteiger partial charge in [0, 0.05) is 7.11 Å². The molecule has 0 aromatic heterocycles. The van der Waals surface area contributed by atoms with Crippen LogP contribution in [-0.2, 0) is 9.47 Å². The normalized spacial score (nSPS) is 11.1. The number of hydrogen-bond donors (Lipinski definition) is 1. The topological polar surface area (TPSA) is 38.7 Å². The lowest BCUT2D eigenvalue weighted by Crippen LogP contribution is -2.10. The highest BCUT2D eigenvalue weighted by molar-refractivity contribution is 5.17. The van der Waals surface area contributed by atoms with Crippen molar-refractivity contribution >= 4 is 0 Å². The quantitative estimate of drug-likeness (QED) is 0.761. The fraction of sp³-hybridized carbons (Fsp3) is 0.538. The van der Waals surface area contributed by atoms with E-state index in [0.717, 1.165) is 5.56 Å². The monoisotopic (exact) mass is 228 g/mol. The van der Waals surface area contributed by atoms with Crippen molar-refractivity contribution in [2.75, 3.05) is 26.9 Å². The van der Waals surface area contributed by atoms with E-state index in [0.29, 0.717) is 19.8 Å². The van der Waals surface area contributed by atoms with E-state index in [9.17, 15) is 5.11 Å². The standard InChI is InChI=1S/C11H16O3.2CH4/c1-13-7-8-14-9-11(12)10-5-3-2-4-6-10;;/h2-6,11-12H,7-9H2,1H3;2*1H4. The Balaban J connectivity index is 0. The number of rotatable bonds is 6. The first kappa shape index (κ1) is 17.5. The van der Waals surface area contributed by atoms with Gasteiger partial charge in [-0.25, -0.2) is 0 Å². The molecule has 0 aliphatic heterocycles. The van der Waals surface area contributed by atoms with Crippen LogP contribution in [0.1, 0.15) is 26.5 Å². The lowest BCUT2D eigenvalue weighted by Gasteiger charge is -2.10. The molecular weight excluding hydrogens is 204 g/mol. The van der Waals surface area contributed by atoms with Crippen LogP contribution >= 0.6 is 0 Å². The Morgan fingerprint density at radius 1 is 1.12 bits per heavy atom. The van der Waals surface area contributed by atoms with E-state index in [1.165, 1.54) is 0 Å². The summed E-state index contributed by atoms with van der Waals surface area (Å²) < 4.78 is 10.0. The van der Waals surface area contributed by atoms with Crippen LogP contribution in [0.5, 0.6) is 0 Å². The van der Waals surface area contributed by atoms with E-state index < -0.39 is 6.10 Å². The molecule has 3 heteroatoms. The predicted molar refractivity (Wildman–Crippen MR) is 67.6 cm³/mol. The van der Waals surface area contributed by atoms with Gasteiger partial charge in [-0.2, -0.15) is 0 Å². The lowest BCUT2D eigenvalue weighted by atomic mass is 10.1. The maximum Gasteiger partial charge on any atom is 0.102 e. The van der Waals surface area contributed by atoms with E-state index in [2.05, 4.69) is 0 Å². The van der Waals surface area contributed by atoms with Gasteiger partial charge < -0.3 is 14.6 Å². The third-order valence-electron chi connectivity index (χ3n) is 1.89. The second-order valence-electron chi connectivity index (χ2n) is 2.99. The molecule has 1 N–H and O–H groups in total. The third-order valence-corrected chi connectivity index (χ3v) is 1.89. The van der Waals surface area contributed by atoms with Gasteiger partial charge in [0.05, 0.1) is 19.8 Å². The van der Waals surface area contributed by atoms with Gasteiger partial charge >= 0.3 is 0 Å². The zero-order chi connectivity index (χ0) is 10.2. The summed E-state index contributed by atoms with van der Waals surface area (Å²) in [5.41, 5.74) is 0.880. The van der Waals surface area contributed by atoms with Gasteiger partial charge in [0.1, 0.15) is 6.10 Å². The van der Waals surface area contributed by atoms with Gasteiger partial charge in [0.25, 0.3) is 0 Å². The summed E-state index contributed by atoms with van der Waals surface area (Å²) in [5.74, 6) is 0. The van der Waals surface area contributed by atoms with E-state index in [1.54, 1.807) is 7.11 Å². The van der Waals surface area contributed by atoms with Crippen LogP contribution in [0.2, 0.25) is 0 Å². The van der Waals surface area contributed by atoms with E-state index in [4.69, 9.17) is 9.47 Å². The Bertz CT molecular complexity index is 236. The maximum absolute atomic E-state index is 9.65. The van der Waals surface area contributed by atoms with Crippen molar-refractivity contribution < 1.29 is 14.6 Å². The fourth-order valence-corrected chi connectivity index (χ4v) is 1.11. The Morgan fingerprint density at radius 3 is 2.31 bits per heavy atom. The Morgan fingerprint density at radius 2 is 1.75 bits per heavy atom. The van der Waals surface area contributed by atoms with Crippen molar-refractivity contribution in [3.8, 4) is 0 Å². The first-order chi connectivity index (χ1) is 6.84. The third kappa shape index (κ3) is 6.56. The van der Waals surface area contributed by atoms with Crippen LogP contribution < -0.4 is 0 Å². The Kier molecular flexibility index (Phi) is 11.6. The molecule has 0 saturated heterocycles. The zero-order valence-corrected chi connectivity index (χ0v) is 8.35. The molecule has 0 bridgehead atoms. The number of methoxy groups -OCH3 is 1. The molecule has 3 nitrogen and oxygen atoms in total. The van der Waals surface area contributed by atoms with Crippen LogP contribution in [0.4, 0.5) is 0 Å². The number of ether oxygens (including phenoxy) is 2. The van der Waals surface area contributed by atoms with Crippen molar-refractivity contribution in [3.63, 3.8) is 0 Å². The first-order valence-corrected chi connectivity index (χ1v) is 4.64. The summed E-state index contributed by atoms with van der Waals surface area (Å²) in [6.07, 6.45) is -0.548. The van der Waals surface area contributed by atoms with Gasteiger partial charge in [-0.05, 0) is 5.56 Å². The molecule has 1 aromatic carbocycles. The highest BCUT2D eigenvalue weighted by Gasteiger charge is 2.05. The minimum absolute atomic E-state index is 0. The molecule has 0 saturated carbocycles. The molecule has 0 radical (unpaired) electrons. The Hall–Kier alpha value is -0.900. The summed E-state index contributed by atoms with van der Waals surface area (Å²) in [7, 11) is 1.62. The summed E-state index contributed by atoms with van der Waals surface area (Å²) >= 11 is 0. The molecule has 1 unspecified atom stereocenters. The highest BCUT2D eigenvalue weighted by atomic mass is 16.5. The fourth-order valence-electron chi connectivity index (χ4n) is 1.11. The lowest BCUT2D eigenvalue weighted by molar-refractivity contribution is 0.0126. The minimum atomic E-state index is -0.548. The molecule has 1 rings (SSSR count). The maximum atomic E-state index is 9.65. The summed E-state index contributed by atoms with van der Waals surface area (Å²) in [6, 6.07) is 9.47. The second-order valence-corrected chi connectivity index (χ2v) is 2.99. The predicted octanol–water partition coefficient (Wildman–Crippen LogP) is 2.66. The van der Waals surface area contributed by atoms with Gasteiger partial charge in [-0.1, -0.05) is 45.2 Å². The van der Waals surface area contributed by atoms with Crippen LogP contribution in [0.25, 0.3) is 0 Å². The molecule has 0 spiro atoms. The molecule has 94 valence electrons. The summed E-state index contributed by atoms with van der Waals surface area (Å²) in [6.45, 7) is 1.38. The number of aliphatic hydroxyl groups is 1. The largest absolute Gasteiger partial charge is 0.386 e. The molecule has 16 heavy (non-hydrogen) atoms. The highest BCUT2D eigenvalue weighted by Crippen LogP contribution is 2.11. The van der Waals surface area contributed by atoms with E-state index in [1.807, 2.05) is 30.3 Å². The number of aliphatic hydroxyl groups excluding tert-OH is 1. The van der Waals surface area contributed by atoms with Crippen molar-refractivity contribution in [2.45, 2.75) is 21.0 Å². The molecule has 1 aromatic rings. The van der Waals surface area contributed by atoms with Gasteiger partial charge in [0.15, 0.2) is 0 Å². The molecule has 1 atom stereocenters. The van der Waals surface area contributed by atoms with Crippen molar-refractivity contribution in [1.29, 1.82) is 0 Å². The van der Waals surface area contributed by atoms with E-state index in [-0.39, 0.29) is 14.9 Å². The van der Waals surface area contributed by atoms with Crippen molar-refractivity contribution in [1.82, 2.24) is 0 Å². The van der Waals surface area contributed by atoms with Crippen LogP contribution in [0, 0.1) is 0 Å². The molecule has 0 aliphatic carbocycles. The van der Waals surface area contributed by atoms with Crippen LogP contribution in [0.3, 0.4) is 0 Å². The van der Waals surface area contributed by atoms with Crippen molar-refractivity contribution in [3.05, 3.63) is 35.9 Å². The van der Waals surface area contributed by atoms with Gasteiger partial charge in [0.2, 0.25) is 0 Å². The molecule has 0 amide bonds. The molecular formula is C13H24O3. The molecule has 0 heterocycles. The number of benzene rings is 1. The number of hydrogen-bond acceptors (Lipinski definition) is 3. The SMILES string of the molecule is C.C.COCCOCC(O)c1ccccc1. The summed E-state index contributed by atoms with van der Waals surface area (Å²) in [4.78, 5) is 0. The van der Waals surface area contributed by atoms with Gasteiger partial charge in [-0.15, -0.1) is 0 Å². The van der Waals surface area contributed by atoms with Gasteiger partial charge in [-0.3, -0.25) is 0 Å². The average molecular weight is 228 g/mol. The molecule has 0 fully saturated rings. The van der Waals surface area contributed by atoms with E-state index >= 15 is 0 Å². The average Bonchev–Trinajstić information content (AvgIpc) is 2.25. The zero-order valence-electron chi connectivity index (χ0n) is 8.35. The second kappa shape index (κ2) is 10.6. The van der Waals surface area contributed by atoms with Crippen molar-refractivity contribution in [2.24, 2.45) is 0 Å². The molecule has 0 aliphatic rings. The summed E-state index contributed by atoms with van der Waals surface area (Å²) in [5, 5.41) is 9.65. The van der Waals surface area contributed by atoms with Crippen LogP contribution in [0.15, 0.2) is 30.3 Å². The minimum Gasteiger partial charge on any atom is -0.386 e. The smallest absolute Gasteiger partial charge is 0.102 e. The first-order valence-electron chi connectivity index (χ1n) is 4.64.